The van der Waals surface area contributed by atoms with Crippen LogP contribution in [0.1, 0.15) is 47.9 Å². The van der Waals surface area contributed by atoms with Gasteiger partial charge in [0.15, 0.2) is 0 Å². The Kier molecular flexibility index (Phi) is 4.16. The Morgan fingerprint density at radius 3 is 1.92 bits per heavy atom. The highest BCUT2D eigenvalue weighted by Gasteiger charge is 2.31. The molecule has 0 aliphatic heterocycles. The minimum atomic E-state index is 0.256. The number of hydrogen-bond donors (Lipinski definition) is 0. The standard InChI is InChI=1S/C23H21BrO/c1-14(2)19-12-21(24)22(25-3)13-20(19)23-17-10-6-4-8-15(17)16-9-5-7-11-18(16)23/h4-14,23H,1-3H3. The summed E-state index contributed by atoms with van der Waals surface area (Å²) in [5, 5.41) is 0. The average molecular weight is 393 g/mol. The van der Waals surface area contributed by atoms with Gasteiger partial charge in [-0.15, -0.1) is 0 Å². The summed E-state index contributed by atoms with van der Waals surface area (Å²) in [6, 6.07) is 22.0. The summed E-state index contributed by atoms with van der Waals surface area (Å²) < 4.78 is 6.62. The lowest BCUT2D eigenvalue weighted by Crippen LogP contribution is -2.06. The highest BCUT2D eigenvalue weighted by Crippen LogP contribution is 2.50. The fourth-order valence-corrected chi connectivity index (χ4v) is 4.50. The predicted molar refractivity (Wildman–Crippen MR) is 108 cm³/mol. The van der Waals surface area contributed by atoms with Gasteiger partial charge in [0.05, 0.1) is 11.6 Å². The minimum absolute atomic E-state index is 0.256. The average Bonchev–Trinajstić information content (AvgIpc) is 2.96. The maximum atomic E-state index is 5.61. The molecular formula is C23H21BrO. The van der Waals surface area contributed by atoms with Crippen LogP contribution in [0.15, 0.2) is 65.1 Å². The van der Waals surface area contributed by atoms with Gasteiger partial charge in [-0.25, -0.2) is 0 Å². The molecule has 0 unspecified atom stereocenters. The van der Waals surface area contributed by atoms with E-state index < -0.39 is 0 Å². The van der Waals surface area contributed by atoms with Gasteiger partial charge in [-0.2, -0.15) is 0 Å². The zero-order chi connectivity index (χ0) is 17.6. The van der Waals surface area contributed by atoms with E-state index in [0.717, 1.165) is 10.2 Å². The lowest BCUT2D eigenvalue weighted by Gasteiger charge is -2.22. The molecule has 0 bridgehead atoms. The summed E-state index contributed by atoms with van der Waals surface area (Å²) in [5.74, 6) is 1.59. The zero-order valence-corrected chi connectivity index (χ0v) is 16.3. The molecule has 25 heavy (non-hydrogen) atoms. The number of ether oxygens (including phenoxy) is 1. The van der Waals surface area contributed by atoms with Crippen molar-refractivity contribution in [3.05, 3.63) is 87.4 Å². The maximum Gasteiger partial charge on any atom is 0.133 e. The summed E-state index contributed by atoms with van der Waals surface area (Å²) in [7, 11) is 1.73. The van der Waals surface area contributed by atoms with Gasteiger partial charge in [0.25, 0.3) is 0 Å². The van der Waals surface area contributed by atoms with E-state index in [1.807, 2.05) is 0 Å². The number of fused-ring (bicyclic) bond motifs is 3. The van der Waals surface area contributed by atoms with E-state index in [0.29, 0.717) is 5.92 Å². The Balaban J connectivity index is 2.02. The van der Waals surface area contributed by atoms with E-state index in [9.17, 15) is 0 Å². The molecule has 0 radical (unpaired) electrons. The molecular weight excluding hydrogens is 372 g/mol. The van der Waals surface area contributed by atoms with Crippen molar-refractivity contribution in [1.29, 1.82) is 0 Å². The Morgan fingerprint density at radius 2 is 1.40 bits per heavy atom. The van der Waals surface area contributed by atoms with Crippen LogP contribution < -0.4 is 4.74 Å². The lowest BCUT2D eigenvalue weighted by atomic mass is 9.83. The van der Waals surface area contributed by atoms with Gasteiger partial charge in [0.2, 0.25) is 0 Å². The molecule has 0 amide bonds. The molecule has 3 aromatic carbocycles. The number of benzene rings is 3. The fourth-order valence-electron chi connectivity index (χ4n) is 3.98. The van der Waals surface area contributed by atoms with Crippen LogP contribution in [0.5, 0.6) is 5.75 Å². The minimum Gasteiger partial charge on any atom is -0.496 e. The van der Waals surface area contributed by atoms with Crippen LogP contribution in [0.25, 0.3) is 11.1 Å². The third-order valence-electron chi connectivity index (χ3n) is 5.12. The number of hydrogen-bond acceptors (Lipinski definition) is 1. The van der Waals surface area contributed by atoms with Crippen molar-refractivity contribution in [2.75, 3.05) is 7.11 Å². The van der Waals surface area contributed by atoms with E-state index in [-0.39, 0.29) is 5.92 Å². The third kappa shape index (κ3) is 2.60. The number of methoxy groups -OCH3 is 1. The first-order valence-corrected chi connectivity index (χ1v) is 9.46. The van der Waals surface area contributed by atoms with E-state index in [1.165, 1.54) is 33.4 Å². The van der Waals surface area contributed by atoms with E-state index >= 15 is 0 Å². The normalized spacial score (nSPS) is 13.0. The summed E-state index contributed by atoms with van der Waals surface area (Å²) in [6.07, 6.45) is 0. The Hall–Kier alpha value is -2.06. The fraction of sp³-hybridized carbons (Fsp3) is 0.217. The van der Waals surface area contributed by atoms with Crippen molar-refractivity contribution < 1.29 is 4.74 Å². The SMILES string of the molecule is COc1cc(C2c3ccccc3-c3ccccc32)c(C(C)C)cc1Br. The highest BCUT2D eigenvalue weighted by molar-refractivity contribution is 9.10. The first kappa shape index (κ1) is 16.4. The molecule has 0 spiro atoms. The van der Waals surface area contributed by atoms with Gasteiger partial charge in [-0.1, -0.05) is 62.4 Å². The van der Waals surface area contributed by atoms with Crippen molar-refractivity contribution in [1.82, 2.24) is 0 Å². The summed E-state index contributed by atoms with van der Waals surface area (Å²) >= 11 is 3.66. The summed E-state index contributed by atoms with van der Waals surface area (Å²) in [4.78, 5) is 0. The second-order valence-electron chi connectivity index (χ2n) is 6.88. The van der Waals surface area contributed by atoms with Crippen molar-refractivity contribution in [3.8, 4) is 16.9 Å². The molecule has 0 saturated carbocycles. The van der Waals surface area contributed by atoms with Gasteiger partial charge < -0.3 is 4.74 Å². The van der Waals surface area contributed by atoms with Crippen LogP contribution in [-0.2, 0) is 0 Å². The smallest absolute Gasteiger partial charge is 0.133 e. The molecule has 0 N–H and O–H groups in total. The third-order valence-corrected chi connectivity index (χ3v) is 5.74. The molecule has 0 fully saturated rings. The van der Waals surface area contributed by atoms with Crippen molar-refractivity contribution in [3.63, 3.8) is 0 Å². The van der Waals surface area contributed by atoms with Gasteiger partial charge in [-0.3, -0.25) is 0 Å². The molecule has 3 aromatic rings. The van der Waals surface area contributed by atoms with Gasteiger partial charge in [0.1, 0.15) is 5.75 Å². The van der Waals surface area contributed by atoms with Crippen LogP contribution in [-0.4, -0.2) is 7.11 Å². The molecule has 4 rings (SSSR count). The second kappa shape index (κ2) is 6.34. The van der Waals surface area contributed by atoms with Crippen LogP contribution in [0.3, 0.4) is 0 Å². The Bertz CT molecular complexity index is 897. The molecule has 0 heterocycles. The quantitative estimate of drug-likeness (QED) is 0.374. The van der Waals surface area contributed by atoms with Crippen molar-refractivity contribution in [2.45, 2.75) is 25.7 Å². The Labute approximate surface area is 157 Å². The molecule has 1 aliphatic carbocycles. The van der Waals surface area contributed by atoms with Crippen LogP contribution >= 0.6 is 15.9 Å². The first-order chi connectivity index (χ1) is 12.1. The molecule has 0 saturated heterocycles. The molecule has 1 aliphatic rings. The molecule has 0 atom stereocenters. The van der Waals surface area contributed by atoms with Crippen LogP contribution in [0.2, 0.25) is 0 Å². The summed E-state index contributed by atoms with van der Waals surface area (Å²) in [5.41, 5.74) is 8.17. The second-order valence-corrected chi connectivity index (χ2v) is 7.73. The largest absolute Gasteiger partial charge is 0.496 e. The zero-order valence-electron chi connectivity index (χ0n) is 14.7. The van der Waals surface area contributed by atoms with E-state index in [4.69, 9.17) is 4.74 Å². The van der Waals surface area contributed by atoms with Crippen molar-refractivity contribution >= 4 is 15.9 Å². The Morgan fingerprint density at radius 1 is 0.840 bits per heavy atom. The number of rotatable bonds is 3. The van der Waals surface area contributed by atoms with E-state index in [2.05, 4.69) is 90.4 Å². The van der Waals surface area contributed by atoms with Crippen molar-refractivity contribution in [2.24, 2.45) is 0 Å². The highest BCUT2D eigenvalue weighted by atomic mass is 79.9. The molecule has 0 aromatic heterocycles. The molecule has 126 valence electrons. The van der Waals surface area contributed by atoms with Gasteiger partial charge in [-0.05, 0) is 67.4 Å². The van der Waals surface area contributed by atoms with Crippen LogP contribution in [0.4, 0.5) is 0 Å². The monoisotopic (exact) mass is 392 g/mol. The van der Waals surface area contributed by atoms with Gasteiger partial charge in [0, 0.05) is 5.92 Å². The summed E-state index contributed by atoms with van der Waals surface area (Å²) in [6.45, 7) is 4.51. The maximum absolute atomic E-state index is 5.61. The number of halogens is 1. The van der Waals surface area contributed by atoms with Gasteiger partial charge >= 0.3 is 0 Å². The van der Waals surface area contributed by atoms with E-state index in [1.54, 1.807) is 7.11 Å². The molecule has 2 heteroatoms. The topological polar surface area (TPSA) is 9.23 Å². The first-order valence-electron chi connectivity index (χ1n) is 8.67. The van der Waals surface area contributed by atoms with Crippen LogP contribution in [0, 0.1) is 0 Å². The lowest BCUT2D eigenvalue weighted by molar-refractivity contribution is 0.411. The predicted octanol–water partition coefficient (Wildman–Crippen LogP) is 6.74. The molecule has 1 nitrogen and oxygen atoms in total.